The summed E-state index contributed by atoms with van der Waals surface area (Å²) in [4.78, 5) is 0. The largest absolute Gasteiger partial charge is 0.494 e. The minimum absolute atomic E-state index is 0.215. The molecule has 0 amide bonds. The molecule has 0 radical (unpaired) electrons. The summed E-state index contributed by atoms with van der Waals surface area (Å²) < 4.78 is 11.6. The Hall–Kier alpha value is -1.02. The molecular formula is C17H26O2. The lowest BCUT2D eigenvalue weighted by molar-refractivity contribution is -0.230. The van der Waals surface area contributed by atoms with Crippen molar-refractivity contribution in [2.24, 2.45) is 11.3 Å². The van der Waals surface area contributed by atoms with Crippen LogP contribution >= 0.6 is 0 Å². The molecule has 1 heterocycles. The van der Waals surface area contributed by atoms with Gasteiger partial charge in [-0.2, -0.15) is 0 Å². The fraction of sp³-hybridized carbons (Fsp3) is 0.647. The van der Waals surface area contributed by atoms with Crippen molar-refractivity contribution in [2.75, 3.05) is 6.61 Å². The Morgan fingerprint density at radius 2 is 1.84 bits per heavy atom. The van der Waals surface area contributed by atoms with E-state index in [2.05, 4.69) is 58.9 Å². The average Bonchev–Trinajstić information content (AvgIpc) is 2.36. The van der Waals surface area contributed by atoms with Crippen LogP contribution in [-0.4, -0.2) is 12.7 Å². The van der Waals surface area contributed by atoms with Crippen molar-refractivity contribution in [2.45, 2.75) is 53.2 Å². The highest BCUT2D eigenvalue weighted by molar-refractivity contribution is 5.30. The van der Waals surface area contributed by atoms with E-state index in [-0.39, 0.29) is 11.5 Å². The highest BCUT2D eigenvalue weighted by Crippen LogP contribution is 2.50. The van der Waals surface area contributed by atoms with Gasteiger partial charge in [-0.3, -0.25) is 0 Å². The SMILES string of the molecule is CC(C)CCOc1ccc(C2OC(C)C2(C)C)cc1. The number of hydrogen-bond donors (Lipinski definition) is 0. The molecule has 1 aliphatic rings. The summed E-state index contributed by atoms with van der Waals surface area (Å²) in [5.74, 6) is 1.64. The monoisotopic (exact) mass is 262 g/mol. The number of hydrogen-bond acceptors (Lipinski definition) is 2. The van der Waals surface area contributed by atoms with E-state index in [1.54, 1.807) is 0 Å². The van der Waals surface area contributed by atoms with Gasteiger partial charge in [0.2, 0.25) is 0 Å². The Labute approximate surface area is 117 Å². The summed E-state index contributed by atoms with van der Waals surface area (Å²) in [5.41, 5.74) is 1.47. The van der Waals surface area contributed by atoms with Crippen LogP contribution in [0.15, 0.2) is 24.3 Å². The van der Waals surface area contributed by atoms with E-state index in [0.29, 0.717) is 12.0 Å². The van der Waals surface area contributed by atoms with Crippen LogP contribution in [0.1, 0.15) is 52.7 Å². The number of benzene rings is 1. The first-order chi connectivity index (χ1) is 8.91. The van der Waals surface area contributed by atoms with Crippen molar-refractivity contribution in [3.8, 4) is 5.75 Å². The van der Waals surface area contributed by atoms with E-state index in [1.807, 2.05) is 0 Å². The van der Waals surface area contributed by atoms with Crippen molar-refractivity contribution in [3.63, 3.8) is 0 Å². The smallest absolute Gasteiger partial charge is 0.119 e. The van der Waals surface area contributed by atoms with Gasteiger partial charge >= 0.3 is 0 Å². The molecule has 0 N–H and O–H groups in total. The topological polar surface area (TPSA) is 18.5 Å². The molecule has 0 spiro atoms. The van der Waals surface area contributed by atoms with Crippen molar-refractivity contribution in [1.29, 1.82) is 0 Å². The maximum Gasteiger partial charge on any atom is 0.119 e. The van der Waals surface area contributed by atoms with Crippen LogP contribution in [0.5, 0.6) is 5.75 Å². The Morgan fingerprint density at radius 1 is 1.21 bits per heavy atom. The predicted octanol–water partition coefficient (Wildman–Crippen LogP) is 4.60. The zero-order valence-corrected chi connectivity index (χ0v) is 12.8. The van der Waals surface area contributed by atoms with Crippen LogP contribution < -0.4 is 4.74 Å². The molecule has 2 atom stereocenters. The highest BCUT2D eigenvalue weighted by atomic mass is 16.5. The van der Waals surface area contributed by atoms with Gasteiger partial charge in [0.15, 0.2) is 0 Å². The summed E-state index contributed by atoms with van der Waals surface area (Å²) in [6, 6.07) is 8.36. The summed E-state index contributed by atoms with van der Waals surface area (Å²) >= 11 is 0. The first-order valence-electron chi connectivity index (χ1n) is 7.29. The molecule has 0 aliphatic carbocycles. The normalized spacial score (nSPS) is 25.2. The summed E-state index contributed by atoms with van der Waals surface area (Å²) in [6.45, 7) is 11.9. The van der Waals surface area contributed by atoms with Gasteiger partial charge in [0.25, 0.3) is 0 Å². The predicted molar refractivity (Wildman–Crippen MR) is 78.5 cm³/mol. The lowest BCUT2D eigenvalue weighted by Gasteiger charge is -2.50. The molecular weight excluding hydrogens is 236 g/mol. The van der Waals surface area contributed by atoms with Gasteiger partial charge in [-0.15, -0.1) is 0 Å². The third kappa shape index (κ3) is 3.11. The third-order valence-electron chi connectivity index (χ3n) is 4.21. The Balaban J connectivity index is 1.92. The van der Waals surface area contributed by atoms with Crippen molar-refractivity contribution < 1.29 is 9.47 Å². The molecule has 1 fully saturated rings. The van der Waals surface area contributed by atoms with Gasteiger partial charge < -0.3 is 9.47 Å². The average molecular weight is 262 g/mol. The Kier molecular flexibility index (Phi) is 4.19. The number of ether oxygens (including phenoxy) is 2. The van der Waals surface area contributed by atoms with Crippen LogP contribution in [0.2, 0.25) is 0 Å². The molecule has 1 aromatic carbocycles. The Morgan fingerprint density at radius 3 is 2.32 bits per heavy atom. The van der Waals surface area contributed by atoms with Crippen molar-refractivity contribution in [3.05, 3.63) is 29.8 Å². The van der Waals surface area contributed by atoms with Gasteiger partial charge in [-0.05, 0) is 37.0 Å². The maximum absolute atomic E-state index is 5.85. The van der Waals surface area contributed by atoms with Gasteiger partial charge in [-0.1, -0.05) is 39.8 Å². The zero-order chi connectivity index (χ0) is 14.0. The highest BCUT2D eigenvalue weighted by Gasteiger charge is 2.47. The van der Waals surface area contributed by atoms with Crippen LogP contribution in [-0.2, 0) is 4.74 Å². The zero-order valence-electron chi connectivity index (χ0n) is 12.8. The molecule has 106 valence electrons. The molecule has 2 nitrogen and oxygen atoms in total. The van der Waals surface area contributed by atoms with E-state index in [0.717, 1.165) is 18.8 Å². The molecule has 1 saturated heterocycles. The minimum Gasteiger partial charge on any atom is -0.494 e. The molecule has 1 aliphatic heterocycles. The van der Waals surface area contributed by atoms with Crippen molar-refractivity contribution >= 4 is 0 Å². The molecule has 19 heavy (non-hydrogen) atoms. The van der Waals surface area contributed by atoms with E-state index in [4.69, 9.17) is 9.47 Å². The fourth-order valence-electron chi connectivity index (χ4n) is 2.36. The lowest BCUT2D eigenvalue weighted by Crippen LogP contribution is -2.48. The van der Waals surface area contributed by atoms with E-state index < -0.39 is 0 Å². The molecule has 0 bridgehead atoms. The van der Waals surface area contributed by atoms with Crippen LogP contribution in [0.3, 0.4) is 0 Å². The first kappa shape index (κ1) is 14.4. The lowest BCUT2D eigenvalue weighted by atomic mass is 9.73. The second-order valence-corrected chi connectivity index (χ2v) is 6.58. The molecule has 0 aromatic heterocycles. The van der Waals surface area contributed by atoms with E-state index in [1.165, 1.54) is 5.56 Å². The van der Waals surface area contributed by atoms with Crippen LogP contribution in [0, 0.1) is 11.3 Å². The quantitative estimate of drug-likeness (QED) is 0.772. The molecule has 0 saturated carbocycles. The summed E-state index contributed by atoms with van der Waals surface area (Å²) in [5, 5.41) is 0. The first-order valence-corrected chi connectivity index (χ1v) is 7.29. The van der Waals surface area contributed by atoms with Gasteiger partial charge in [0.1, 0.15) is 5.75 Å². The van der Waals surface area contributed by atoms with Crippen LogP contribution in [0.4, 0.5) is 0 Å². The fourth-order valence-corrected chi connectivity index (χ4v) is 2.36. The van der Waals surface area contributed by atoms with E-state index in [9.17, 15) is 0 Å². The third-order valence-corrected chi connectivity index (χ3v) is 4.21. The van der Waals surface area contributed by atoms with Crippen molar-refractivity contribution in [1.82, 2.24) is 0 Å². The number of rotatable bonds is 5. The molecule has 1 aromatic rings. The molecule has 2 unspecified atom stereocenters. The summed E-state index contributed by atoms with van der Waals surface area (Å²) in [6.07, 6.45) is 1.64. The van der Waals surface area contributed by atoms with Gasteiger partial charge in [0.05, 0.1) is 18.8 Å². The minimum atomic E-state index is 0.215. The van der Waals surface area contributed by atoms with Gasteiger partial charge in [0, 0.05) is 5.41 Å². The second-order valence-electron chi connectivity index (χ2n) is 6.58. The molecule has 2 heteroatoms. The summed E-state index contributed by atoms with van der Waals surface area (Å²) in [7, 11) is 0. The Bertz CT molecular complexity index is 406. The van der Waals surface area contributed by atoms with Gasteiger partial charge in [-0.25, -0.2) is 0 Å². The van der Waals surface area contributed by atoms with E-state index >= 15 is 0 Å². The van der Waals surface area contributed by atoms with Crippen LogP contribution in [0.25, 0.3) is 0 Å². The maximum atomic E-state index is 5.85. The molecule has 2 rings (SSSR count). The second kappa shape index (κ2) is 5.54. The standard InChI is InChI=1S/C17H26O2/c1-12(2)10-11-18-15-8-6-14(7-9-15)16-17(4,5)13(3)19-16/h6-9,12-13,16H,10-11H2,1-5H3.